The Morgan fingerprint density at radius 3 is 2.28 bits per heavy atom. The van der Waals surface area contributed by atoms with E-state index >= 15 is 0 Å². The van der Waals surface area contributed by atoms with Crippen LogP contribution in [-0.2, 0) is 11.3 Å². The van der Waals surface area contributed by atoms with Crippen LogP contribution in [-0.4, -0.2) is 50.4 Å². The van der Waals surface area contributed by atoms with Gasteiger partial charge in [-0.3, -0.25) is 14.3 Å². The normalized spacial score (nSPS) is 15.7. The number of imidazole rings is 1. The first-order valence-corrected chi connectivity index (χ1v) is 11.6. The summed E-state index contributed by atoms with van der Waals surface area (Å²) in [5.41, 5.74) is 2.86. The average Bonchev–Trinajstić information content (AvgIpc) is 3.12. The Kier molecular flexibility index (Phi) is 6.60. The number of likely N-dealkylation sites (tertiary alicyclic amines) is 1. The van der Waals surface area contributed by atoms with Crippen LogP contribution in [0.5, 0.6) is 0 Å². The average molecular weight is 437 g/mol. The van der Waals surface area contributed by atoms with Gasteiger partial charge in [-0.15, -0.1) is 0 Å². The number of amides is 1. The summed E-state index contributed by atoms with van der Waals surface area (Å²) in [6.45, 7) is 10.8. The first-order chi connectivity index (χ1) is 15.3. The van der Waals surface area contributed by atoms with E-state index in [1.165, 1.54) is 12.1 Å². The maximum absolute atomic E-state index is 13.5. The molecule has 32 heavy (non-hydrogen) atoms. The molecule has 0 N–H and O–H groups in total. The number of rotatable bonds is 6. The molecule has 1 aliphatic rings. The van der Waals surface area contributed by atoms with Crippen molar-refractivity contribution >= 4 is 16.9 Å². The predicted octanol–water partition coefficient (Wildman–Crippen LogP) is 5.02. The van der Waals surface area contributed by atoms with Gasteiger partial charge in [0.15, 0.2) is 0 Å². The number of halogens is 1. The molecule has 0 radical (unpaired) electrons. The number of benzene rings is 2. The monoisotopic (exact) mass is 436 g/mol. The highest BCUT2D eigenvalue weighted by atomic mass is 19.1. The SMILES string of the molecule is CC(C)N(C(=O)C1CCN(Cc2nc3ccccc3n2-c2ccc(F)cc2)CC1)C(C)C. The van der Waals surface area contributed by atoms with Gasteiger partial charge in [0.1, 0.15) is 11.6 Å². The summed E-state index contributed by atoms with van der Waals surface area (Å²) in [6.07, 6.45) is 1.73. The van der Waals surface area contributed by atoms with E-state index in [4.69, 9.17) is 4.98 Å². The molecule has 170 valence electrons. The van der Waals surface area contributed by atoms with Crippen LogP contribution >= 0.6 is 0 Å². The third-order valence-electron chi connectivity index (χ3n) is 6.38. The first-order valence-electron chi connectivity index (χ1n) is 11.6. The standard InChI is InChI=1S/C26H33FN4O/c1-18(2)30(19(3)4)26(32)20-13-15-29(16-14-20)17-25-28-23-7-5-6-8-24(23)31(25)22-11-9-21(27)10-12-22/h5-12,18-20H,13-17H2,1-4H3. The van der Waals surface area contributed by atoms with E-state index < -0.39 is 0 Å². The lowest BCUT2D eigenvalue weighted by Gasteiger charge is -2.37. The van der Waals surface area contributed by atoms with E-state index in [0.717, 1.165) is 48.5 Å². The summed E-state index contributed by atoms with van der Waals surface area (Å²) in [4.78, 5) is 22.4. The molecule has 0 aliphatic carbocycles. The molecule has 6 heteroatoms. The van der Waals surface area contributed by atoms with Crippen molar-refractivity contribution in [3.05, 3.63) is 60.2 Å². The summed E-state index contributed by atoms with van der Waals surface area (Å²) >= 11 is 0. The molecule has 2 heterocycles. The lowest BCUT2D eigenvalue weighted by Crippen LogP contribution is -2.48. The fraction of sp³-hybridized carbons (Fsp3) is 0.462. The Labute approximate surface area is 189 Å². The number of hydrogen-bond donors (Lipinski definition) is 0. The Hall–Kier alpha value is -2.73. The molecule has 0 saturated carbocycles. The Bertz CT molecular complexity index is 1060. The number of piperidine rings is 1. The third-order valence-corrected chi connectivity index (χ3v) is 6.38. The van der Waals surface area contributed by atoms with Gasteiger partial charge in [-0.25, -0.2) is 9.37 Å². The number of carbonyl (C=O) groups is 1. The lowest BCUT2D eigenvalue weighted by molar-refractivity contribution is -0.140. The number of nitrogens with zero attached hydrogens (tertiary/aromatic N) is 4. The van der Waals surface area contributed by atoms with Crippen molar-refractivity contribution in [2.45, 2.75) is 59.2 Å². The minimum absolute atomic E-state index is 0.0898. The van der Waals surface area contributed by atoms with Gasteiger partial charge in [-0.2, -0.15) is 0 Å². The first kappa shape index (κ1) is 22.5. The van der Waals surface area contributed by atoms with Crippen LogP contribution in [0.15, 0.2) is 48.5 Å². The zero-order valence-corrected chi connectivity index (χ0v) is 19.5. The van der Waals surface area contributed by atoms with E-state index in [-0.39, 0.29) is 29.7 Å². The minimum atomic E-state index is -0.247. The van der Waals surface area contributed by atoms with E-state index in [9.17, 15) is 9.18 Å². The van der Waals surface area contributed by atoms with Crippen molar-refractivity contribution in [2.24, 2.45) is 5.92 Å². The van der Waals surface area contributed by atoms with Crippen molar-refractivity contribution < 1.29 is 9.18 Å². The van der Waals surface area contributed by atoms with E-state index in [2.05, 4.69) is 37.2 Å². The summed E-state index contributed by atoms with van der Waals surface area (Å²) in [6, 6.07) is 15.0. The molecule has 4 rings (SSSR count). The van der Waals surface area contributed by atoms with Crippen molar-refractivity contribution in [2.75, 3.05) is 13.1 Å². The van der Waals surface area contributed by atoms with E-state index in [1.54, 1.807) is 12.1 Å². The van der Waals surface area contributed by atoms with Crippen LogP contribution in [0.2, 0.25) is 0 Å². The molecular formula is C26H33FN4O. The topological polar surface area (TPSA) is 41.4 Å². The molecule has 3 aromatic rings. The number of hydrogen-bond acceptors (Lipinski definition) is 3. The van der Waals surface area contributed by atoms with Gasteiger partial charge in [-0.1, -0.05) is 12.1 Å². The van der Waals surface area contributed by atoms with Crippen molar-refractivity contribution in [3.8, 4) is 5.69 Å². The molecule has 5 nitrogen and oxygen atoms in total. The molecule has 1 amide bonds. The van der Waals surface area contributed by atoms with E-state index in [0.29, 0.717) is 6.54 Å². The summed E-state index contributed by atoms with van der Waals surface area (Å²) in [7, 11) is 0. The second-order valence-electron chi connectivity index (χ2n) is 9.31. The lowest BCUT2D eigenvalue weighted by atomic mass is 9.94. The Morgan fingerprint density at radius 2 is 1.66 bits per heavy atom. The minimum Gasteiger partial charge on any atom is -0.338 e. The fourth-order valence-electron chi connectivity index (χ4n) is 4.91. The summed E-state index contributed by atoms with van der Waals surface area (Å²) < 4.78 is 15.6. The molecule has 0 spiro atoms. The highest BCUT2D eigenvalue weighted by Gasteiger charge is 2.31. The van der Waals surface area contributed by atoms with Gasteiger partial charge in [0, 0.05) is 23.7 Å². The van der Waals surface area contributed by atoms with Gasteiger partial charge in [-0.05, 0) is 90.0 Å². The molecular weight excluding hydrogens is 403 g/mol. The quantitative estimate of drug-likeness (QED) is 0.545. The van der Waals surface area contributed by atoms with Crippen LogP contribution < -0.4 is 0 Å². The van der Waals surface area contributed by atoms with Gasteiger partial charge in [0.25, 0.3) is 0 Å². The molecule has 1 fully saturated rings. The van der Waals surface area contributed by atoms with Crippen molar-refractivity contribution in [3.63, 3.8) is 0 Å². The Morgan fingerprint density at radius 1 is 1.03 bits per heavy atom. The number of para-hydroxylation sites is 2. The third kappa shape index (κ3) is 4.56. The van der Waals surface area contributed by atoms with E-state index in [1.807, 2.05) is 29.2 Å². The maximum atomic E-state index is 13.5. The van der Waals surface area contributed by atoms with Crippen LogP contribution in [0.3, 0.4) is 0 Å². The highest BCUT2D eigenvalue weighted by Crippen LogP contribution is 2.26. The summed E-state index contributed by atoms with van der Waals surface area (Å²) in [5, 5.41) is 0. The van der Waals surface area contributed by atoms with Crippen LogP contribution in [0.1, 0.15) is 46.4 Å². The summed E-state index contributed by atoms with van der Waals surface area (Å²) in [5.74, 6) is 1.07. The van der Waals surface area contributed by atoms with Crippen LogP contribution in [0.4, 0.5) is 4.39 Å². The zero-order valence-electron chi connectivity index (χ0n) is 19.5. The van der Waals surface area contributed by atoms with Crippen molar-refractivity contribution in [1.29, 1.82) is 0 Å². The molecule has 0 unspecified atom stereocenters. The van der Waals surface area contributed by atoms with Gasteiger partial charge in [0.2, 0.25) is 5.91 Å². The molecule has 1 aliphatic heterocycles. The van der Waals surface area contributed by atoms with Crippen molar-refractivity contribution in [1.82, 2.24) is 19.4 Å². The van der Waals surface area contributed by atoms with Gasteiger partial charge >= 0.3 is 0 Å². The maximum Gasteiger partial charge on any atom is 0.226 e. The zero-order chi connectivity index (χ0) is 22.8. The van der Waals surface area contributed by atoms with Gasteiger partial charge in [0.05, 0.1) is 17.6 Å². The van der Waals surface area contributed by atoms with Gasteiger partial charge < -0.3 is 4.90 Å². The molecule has 0 bridgehead atoms. The second kappa shape index (κ2) is 9.41. The smallest absolute Gasteiger partial charge is 0.226 e. The predicted molar refractivity (Wildman–Crippen MR) is 126 cm³/mol. The molecule has 1 aromatic heterocycles. The molecule has 2 aromatic carbocycles. The molecule has 1 saturated heterocycles. The number of aromatic nitrogens is 2. The molecule has 0 atom stereocenters. The number of fused-ring (bicyclic) bond motifs is 1. The van der Waals surface area contributed by atoms with Crippen LogP contribution in [0.25, 0.3) is 16.7 Å². The second-order valence-corrected chi connectivity index (χ2v) is 9.31. The number of carbonyl (C=O) groups excluding carboxylic acids is 1. The van der Waals surface area contributed by atoms with Crippen LogP contribution in [0, 0.1) is 11.7 Å². The largest absolute Gasteiger partial charge is 0.338 e. The fourth-order valence-corrected chi connectivity index (χ4v) is 4.91. The Balaban J connectivity index is 1.51. The highest BCUT2D eigenvalue weighted by molar-refractivity contribution is 5.79.